The quantitative estimate of drug-likeness (QED) is 0.843. The standard InChI is InChI=1S/C16H19ClN2O2/c1-10-3-6-13(9-14(10)17)19-8-7-18(11(2)15(19)20)16(21)12-4-5-12/h3,6,9,11-12H,4-5,7-8H2,1-2H3/t11-/m1/s1. The van der Waals surface area contributed by atoms with Gasteiger partial charge in [0.1, 0.15) is 6.04 Å². The Morgan fingerprint density at radius 3 is 2.62 bits per heavy atom. The second-order valence-corrected chi connectivity index (χ2v) is 6.31. The van der Waals surface area contributed by atoms with E-state index in [0.29, 0.717) is 18.1 Å². The van der Waals surface area contributed by atoms with E-state index >= 15 is 0 Å². The molecule has 1 heterocycles. The Kier molecular flexibility index (Phi) is 3.66. The molecule has 1 aromatic rings. The fourth-order valence-electron chi connectivity index (χ4n) is 2.74. The molecule has 2 aliphatic rings. The molecule has 1 aliphatic carbocycles. The van der Waals surface area contributed by atoms with E-state index in [2.05, 4.69) is 0 Å². The van der Waals surface area contributed by atoms with Crippen LogP contribution in [0.1, 0.15) is 25.3 Å². The number of aryl methyl sites for hydroxylation is 1. The summed E-state index contributed by atoms with van der Waals surface area (Å²) >= 11 is 6.14. The van der Waals surface area contributed by atoms with Gasteiger partial charge >= 0.3 is 0 Å². The molecule has 112 valence electrons. The number of carbonyl (C=O) groups is 2. The van der Waals surface area contributed by atoms with Gasteiger partial charge < -0.3 is 9.80 Å². The van der Waals surface area contributed by atoms with Gasteiger partial charge in [-0.05, 0) is 44.4 Å². The van der Waals surface area contributed by atoms with Crippen molar-refractivity contribution < 1.29 is 9.59 Å². The summed E-state index contributed by atoms with van der Waals surface area (Å²) in [6, 6.07) is 5.24. The molecular weight excluding hydrogens is 288 g/mol. The van der Waals surface area contributed by atoms with Gasteiger partial charge in [-0.3, -0.25) is 9.59 Å². The van der Waals surface area contributed by atoms with Gasteiger partial charge in [0.15, 0.2) is 0 Å². The number of carbonyl (C=O) groups excluding carboxylic acids is 2. The minimum atomic E-state index is -0.396. The van der Waals surface area contributed by atoms with Gasteiger partial charge in [0.2, 0.25) is 11.8 Å². The smallest absolute Gasteiger partial charge is 0.249 e. The molecule has 2 fully saturated rings. The number of nitrogens with zero attached hydrogens (tertiary/aromatic N) is 2. The van der Waals surface area contributed by atoms with Crippen molar-refractivity contribution >= 4 is 29.1 Å². The Bertz CT molecular complexity index is 598. The van der Waals surface area contributed by atoms with Crippen LogP contribution in [0.3, 0.4) is 0 Å². The molecule has 0 N–H and O–H groups in total. The monoisotopic (exact) mass is 306 g/mol. The lowest BCUT2D eigenvalue weighted by atomic mass is 10.1. The SMILES string of the molecule is Cc1ccc(N2CCN(C(=O)C3CC3)[C@H](C)C2=O)cc1Cl. The number of rotatable bonds is 2. The van der Waals surface area contributed by atoms with Crippen molar-refractivity contribution in [2.24, 2.45) is 5.92 Å². The summed E-state index contributed by atoms with van der Waals surface area (Å²) in [6.07, 6.45) is 1.93. The molecule has 0 bridgehead atoms. The average Bonchev–Trinajstić information content (AvgIpc) is 3.29. The van der Waals surface area contributed by atoms with Crippen molar-refractivity contribution in [2.45, 2.75) is 32.7 Å². The Labute approximate surface area is 129 Å². The van der Waals surface area contributed by atoms with Gasteiger partial charge in [-0.25, -0.2) is 0 Å². The van der Waals surface area contributed by atoms with Crippen molar-refractivity contribution in [1.82, 2.24) is 4.90 Å². The van der Waals surface area contributed by atoms with Gasteiger partial charge in [-0.2, -0.15) is 0 Å². The molecule has 0 radical (unpaired) electrons. The second kappa shape index (κ2) is 5.34. The lowest BCUT2D eigenvalue weighted by molar-refractivity contribution is -0.141. The Hall–Kier alpha value is -1.55. The minimum Gasteiger partial charge on any atom is -0.329 e. The maximum absolute atomic E-state index is 12.6. The van der Waals surface area contributed by atoms with Crippen LogP contribution in [0.2, 0.25) is 5.02 Å². The summed E-state index contributed by atoms with van der Waals surface area (Å²) in [5.74, 6) is 0.258. The van der Waals surface area contributed by atoms with Crippen molar-refractivity contribution in [1.29, 1.82) is 0 Å². The zero-order valence-corrected chi connectivity index (χ0v) is 13.1. The highest BCUT2D eigenvalue weighted by atomic mass is 35.5. The fourth-order valence-corrected chi connectivity index (χ4v) is 2.92. The van der Waals surface area contributed by atoms with Crippen LogP contribution >= 0.6 is 11.6 Å². The van der Waals surface area contributed by atoms with Gasteiger partial charge in [-0.15, -0.1) is 0 Å². The van der Waals surface area contributed by atoms with Gasteiger partial charge in [0.05, 0.1) is 0 Å². The molecule has 1 aliphatic heterocycles. The zero-order valence-electron chi connectivity index (χ0n) is 12.3. The first-order valence-corrected chi connectivity index (χ1v) is 7.75. The average molecular weight is 307 g/mol. The van der Waals surface area contributed by atoms with Crippen LogP contribution in [-0.2, 0) is 9.59 Å². The lowest BCUT2D eigenvalue weighted by Crippen LogP contribution is -2.58. The van der Waals surface area contributed by atoms with Crippen LogP contribution in [0, 0.1) is 12.8 Å². The summed E-state index contributed by atoms with van der Waals surface area (Å²) < 4.78 is 0. The first-order valence-electron chi connectivity index (χ1n) is 7.37. The van der Waals surface area contributed by atoms with Gasteiger partial charge in [0, 0.05) is 29.7 Å². The van der Waals surface area contributed by atoms with Crippen molar-refractivity contribution in [3.63, 3.8) is 0 Å². The molecule has 0 aromatic heterocycles. The van der Waals surface area contributed by atoms with Crippen LogP contribution in [0.25, 0.3) is 0 Å². The lowest BCUT2D eigenvalue weighted by Gasteiger charge is -2.39. The van der Waals surface area contributed by atoms with Crippen LogP contribution in [0.4, 0.5) is 5.69 Å². The first kappa shape index (κ1) is 14.4. The third-order valence-electron chi connectivity index (χ3n) is 4.33. The molecular formula is C16H19ClN2O2. The van der Waals surface area contributed by atoms with E-state index in [1.165, 1.54) is 0 Å². The Morgan fingerprint density at radius 2 is 2.00 bits per heavy atom. The number of amides is 2. The number of piperazine rings is 1. The van der Waals surface area contributed by atoms with E-state index in [1.54, 1.807) is 9.80 Å². The topological polar surface area (TPSA) is 40.6 Å². The minimum absolute atomic E-state index is 0.0323. The highest BCUT2D eigenvalue weighted by Gasteiger charge is 2.40. The van der Waals surface area contributed by atoms with Crippen LogP contribution < -0.4 is 4.90 Å². The number of halogens is 1. The number of anilines is 1. The van der Waals surface area contributed by atoms with Crippen LogP contribution in [0.15, 0.2) is 18.2 Å². The summed E-state index contributed by atoms with van der Waals surface area (Å²) in [7, 11) is 0. The van der Waals surface area contributed by atoms with Crippen LogP contribution in [0.5, 0.6) is 0 Å². The second-order valence-electron chi connectivity index (χ2n) is 5.91. The summed E-state index contributed by atoms with van der Waals surface area (Å²) in [5.41, 5.74) is 1.80. The number of hydrogen-bond donors (Lipinski definition) is 0. The molecule has 21 heavy (non-hydrogen) atoms. The summed E-state index contributed by atoms with van der Waals surface area (Å²) in [4.78, 5) is 28.2. The summed E-state index contributed by atoms with van der Waals surface area (Å²) in [6.45, 7) is 4.86. The van der Waals surface area contributed by atoms with E-state index in [-0.39, 0.29) is 17.7 Å². The van der Waals surface area contributed by atoms with E-state index in [0.717, 1.165) is 24.1 Å². The molecule has 1 saturated carbocycles. The maximum Gasteiger partial charge on any atom is 0.249 e. The summed E-state index contributed by atoms with van der Waals surface area (Å²) in [5, 5.41) is 0.657. The van der Waals surface area contributed by atoms with Crippen molar-refractivity contribution in [3.8, 4) is 0 Å². The Morgan fingerprint density at radius 1 is 1.29 bits per heavy atom. The van der Waals surface area contributed by atoms with Crippen LogP contribution in [-0.4, -0.2) is 35.8 Å². The first-order chi connectivity index (χ1) is 9.99. The molecule has 4 nitrogen and oxygen atoms in total. The van der Waals surface area contributed by atoms with Gasteiger partial charge in [-0.1, -0.05) is 17.7 Å². The van der Waals surface area contributed by atoms with Crippen molar-refractivity contribution in [3.05, 3.63) is 28.8 Å². The van der Waals surface area contributed by atoms with Crippen molar-refractivity contribution in [2.75, 3.05) is 18.0 Å². The van der Waals surface area contributed by atoms with E-state index < -0.39 is 6.04 Å². The predicted octanol–water partition coefficient (Wildman–Crippen LogP) is 2.62. The molecule has 1 aromatic carbocycles. The molecule has 0 unspecified atom stereocenters. The normalized spacial score (nSPS) is 22.6. The van der Waals surface area contributed by atoms with E-state index in [9.17, 15) is 9.59 Å². The Balaban J connectivity index is 1.79. The third kappa shape index (κ3) is 2.64. The number of hydrogen-bond acceptors (Lipinski definition) is 2. The number of benzene rings is 1. The largest absolute Gasteiger partial charge is 0.329 e. The van der Waals surface area contributed by atoms with E-state index in [1.807, 2.05) is 32.0 Å². The highest BCUT2D eigenvalue weighted by molar-refractivity contribution is 6.31. The molecule has 0 spiro atoms. The highest BCUT2D eigenvalue weighted by Crippen LogP contribution is 2.33. The fraction of sp³-hybridized carbons (Fsp3) is 0.500. The van der Waals surface area contributed by atoms with Gasteiger partial charge in [0.25, 0.3) is 0 Å². The molecule has 1 saturated heterocycles. The molecule has 1 atom stereocenters. The third-order valence-corrected chi connectivity index (χ3v) is 4.74. The maximum atomic E-state index is 12.6. The molecule has 2 amide bonds. The van der Waals surface area contributed by atoms with E-state index in [4.69, 9.17) is 11.6 Å². The molecule has 5 heteroatoms. The molecule has 3 rings (SSSR count). The predicted molar refractivity (Wildman–Crippen MR) is 82.4 cm³/mol. The zero-order chi connectivity index (χ0) is 15.1.